The van der Waals surface area contributed by atoms with Crippen LogP contribution in [0.5, 0.6) is 0 Å². The average molecular weight is 207 g/mol. The molecule has 0 amide bonds. The predicted octanol–water partition coefficient (Wildman–Crippen LogP) is -0.305. The Morgan fingerprint density at radius 1 is 1.62 bits per heavy atom. The molecular formula is C7H13NO4S. The molecule has 0 aromatic heterocycles. The van der Waals surface area contributed by atoms with E-state index in [1.54, 1.807) is 6.26 Å². The van der Waals surface area contributed by atoms with Crippen molar-refractivity contribution in [2.24, 2.45) is 5.73 Å². The smallest absolute Gasteiger partial charge is 0.337 e. The van der Waals surface area contributed by atoms with Crippen molar-refractivity contribution in [2.45, 2.75) is 12.0 Å². The van der Waals surface area contributed by atoms with Crippen LogP contribution in [-0.2, 0) is 14.3 Å². The Morgan fingerprint density at radius 3 is 2.46 bits per heavy atom. The standard InChI is InChI=1S/C7H13NO4S/c1-12-6(11)7(8,5(9)10)3-4-13-2/h3-4,8H2,1-2H3,(H,9,10). The number of nitrogens with two attached hydrogens (primary N) is 1. The van der Waals surface area contributed by atoms with Crippen molar-refractivity contribution < 1.29 is 19.4 Å². The van der Waals surface area contributed by atoms with Gasteiger partial charge in [-0.1, -0.05) is 0 Å². The third kappa shape index (κ3) is 2.89. The normalized spacial score (nSPS) is 14.7. The highest BCUT2D eigenvalue weighted by Gasteiger charge is 2.42. The minimum absolute atomic E-state index is 0.0656. The Balaban J connectivity index is 4.52. The summed E-state index contributed by atoms with van der Waals surface area (Å²) >= 11 is 1.42. The molecule has 0 spiro atoms. The Labute approximate surface area is 80.6 Å². The SMILES string of the molecule is COC(=O)C(N)(CCSC)C(=O)O. The van der Waals surface area contributed by atoms with E-state index in [1.807, 2.05) is 0 Å². The molecule has 0 heterocycles. The van der Waals surface area contributed by atoms with Gasteiger partial charge in [-0.05, 0) is 18.4 Å². The van der Waals surface area contributed by atoms with Crippen molar-refractivity contribution in [1.82, 2.24) is 0 Å². The molecule has 0 bridgehead atoms. The lowest BCUT2D eigenvalue weighted by Crippen LogP contribution is -2.55. The zero-order chi connectivity index (χ0) is 10.5. The lowest BCUT2D eigenvalue weighted by molar-refractivity contribution is -0.159. The van der Waals surface area contributed by atoms with Gasteiger partial charge in [0.1, 0.15) is 0 Å². The van der Waals surface area contributed by atoms with E-state index in [1.165, 1.54) is 11.8 Å². The molecule has 0 aromatic carbocycles. The first-order valence-corrected chi connectivity index (χ1v) is 4.98. The van der Waals surface area contributed by atoms with E-state index >= 15 is 0 Å². The second kappa shape index (κ2) is 5.08. The summed E-state index contributed by atoms with van der Waals surface area (Å²) in [6, 6.07) is 0. The van der Waals surface area contributed by atoms with Crippen LogP contribution in [0, 0.1) is 0 Å². The maximum Gasteiger partial charge on any atom is 0.337 e. The van der Waals surface area contributed by atoms with Gasteiger partial charge in [0.25, 0.3) is 0 Å². The molecule has 0 aliphatic rings. The zero-order valence-electron chi connectivity index (χ0n) is 7.57. The van der Waals surface area contributed by atoms with Crippen molar-refractivity contribution in [1.29, 1.82) is 0 Å². The van der Waals surface area contributed by atoms with Crippen LogP contribution in [0.2, 0.25) is 0 Å². The van der Waals surface area contributed by atoms with E-state index in [9.17, 15) is 9.59 Å². The molecule has 3 N–H and O–H groups in total. The van der Waals surface area contributed by atoms with Crippen LogP contribution in [-0.4, -0.2) is 41.7 Å². The largest absolute Gasteiger partial charge is 0.479 e. The fourth-order valence-corrected chi connectivity index (χ4v) is 1.27. The lowest BCUT2D eigenvalue weighted by Gasteiger charge is -2.20. The van der Waals surface area contributed by atoms with Crippen molar-refractivity contribution in [3.8, 4) is 0 Å². The summed E-state index contributed by atoms with van der Waals surface area (Å²) in [5, 5.41) is 8.73. The van der Waals surface area contributed by atoms with E-state index in [4.69, 9.17) is 10.8 Å². The molecule has 1 atom stereocenters. The fourth-order valence-electron chi connectivity index (χ4n) is 0.741. The van der Waals surface area contributed by atoms with Gasteiger partial charge in [-0.2, -0.15) is 11.8 Å². The maximum atomic E-state index is 11.0. The van der Waals surface area contributed by atoms with Gasteiger partial charge in [0, 0.05) is 0 Å². The highest BCUT2D eigenvalue weighted by Crippen LogP contribution is 2.12. The Bertz CT molecular complexity index is 209. The number of carboxylic acids is 1. The van der Waals surface area contributed by atoms with Crippen molar-refractivity contribution in [3.05, 3.63) is 0 Å². The second-order valence-corrected chi connectivity index (χ2v) is 3.50. The van der Waals surface area contributed by atoms with Gasteiger partial charge < -0.3 is 15.6 Å². The van der Waals surface area contributed by atoms with Crippen LogP contribution >= 0.6 is 11.8 Å². The molecular weight excluding hydrogens is 194 g/mol. The number of carbonyl (C=O) groups excluding carboxylic acids is 1. The van der Waals surface area contributed by atoms with Gasteiger partial charge >= 0.3 is 11.9 Å². The van der Waals surface area contributed by atoms with Gasteiger partial charge in [0.05, 0.1) is 7.11 Å². The van der Waals surface area contributed by atoms with Gasteiger partial charge in [-0.3, -0.25) is 0 Å². The van der Waals surface area contributed by atoms with E-state index < -0.39 is 17.5 Å². The predicted molar refractivity (Wildman–Crippen MR) is 49.6 cm³/mol. The number of methoxy groups -OCH3 is 1. The first-order chi connectivity index (χ1) is 5.99. The number of hydrogen-bond donors (Lipinski definition) is 2. The summed E-state index contributed by atoms with van der Waals surface area (Å²) in [4.78, 5) is 21.7. The third-order valence-corrected chi connectivity index (χ3v) is 2.24. The number of carbonyl (C=O) groups is 2. The summed E-state index contributed by atoms with van der Waals surface area (Å²) in [6.45, 7) is 0. The number of hydrogen-bond acceptors (Lipinski definition) is 5. The van der Waals surface area contributed by atoms with E-state index in [2.05, 4.69) is 4.74 Å². The van der Waals surface area contributed by atoms with Gasteiger partial charge in [0.2, 0.25) is 5.54 Å². The highest BCUT2D eigenvalue weighted by atomic mass is 32.2. The number of esters is 1. The molecule has 0 rings (SSSR count). The molecule has 0 radical (unpaired) electrons. The van der Waals surface area contributed by atoms with Gasteiger partial charge in [-0.25, -0.2) is 9.59 Å². The van der Waals surface area contributed by atoms with Crippen LogP contribution in [0.1, 0.15) is 6.42 Å². The Morgan fingerprint density at radius 2 is 2.15 bits per heavy atom. The van der Waals surface area contributed by atoms with E-state index in [0.29, 0.717) is 5.75 Å². The fraction of sp³-hybridized carbons (Fsp3) is 0.714. The minimum Gasteiger partial charge on any atom is -0.479 e. The number of rotatable bonds is 5. The molecule has 0 aliphatic heterocycles. The first kappa shape index (κ1) is 12.2. The van der Waals surface area contributed by atoms with Crippen molar-refractivity contribution in [3.63, 3.8) is 0 Å². The van der Waals surface area contributed by atoms with Crippen LogP contribution in [0.4, 0.5) is 0 Å². The molecule has 6 heteroatoms. The van der Waals surface area contributed by atoms with E-state index in [-0.39, 0.29) is 6.42 Å². The highest BCUT2D eigenvalue weighted by molar-refractivity contribution is 7.98. The monoisotopic (exact) mass is 207 g/mol. The first-order valence-electron chi connectivity index (χ1n) is 3.58. The molecule has 0 saturated carbocycles. The quantitative estimate of drug-likeness (QED) is 0.475. The number of carboxylic acid groups (broad SMARTS) is 1. The number of thioether (sulfide) groups is 1. The molecule has 0 aromatic rings. The molecule has 76 valence electrons. The third-order valence-electron chi connectivity index (χ3n) is 1.63. The Kier molecular flexibility index (Phi) is 4.79. The van der Waals surface area contributed by atoms with Crippen LogP contribution in [0.15, 0.2) is 0 Å². The maximum absolute atomic E-state index is 11.0. The second-order valence-electron chi connectivity index (χ2n) is 2.51. The lowest BCUT2D eigenvalue weighted by atomic mass is 9.98. The summed E-state index contributed by atoms with van der Waals surface area (Å²) in [7, 11) is 1.12. The molecule has 0 aliphatic carbocycles. The number of aliphatic carboxylic acids is 1. The molecule has 5 nitrogen and oxygen atoms in total. The van der Waals surface area contributed by atoms with Crippen molar-refractivity contribution in [2.75, 3.05) is 19.1 Å². The topological polar surface area (TPSA) is 89.6 Å². The summed E-state index contributed by atoms with van der Waals surface area (Å²) in [5.74, 6) is -1.76. The van der Waals surface area contributed by atoms with Gasteiger partial charge in [0.15, 0.2) is 0 Å². The van der Waals surface area contributed by atoms with E-state index in [0.717, 1.165) is 7.11 Å². The van der Waals surface area contributed by atoms with Crippen LogP contribution < -0.4 is 5.73 Å². The van der Waals surface area contributed by atoms with Crippen molar-refractivity contribution >= 4 is 23.7 Å². The van der Waals surface area contributed by atoms with Crippen LogP contribution in [0.3, 0.4) is 0 Å². The summed E-state index contributed by atoms with van der Waals surface area (Å²) in [6.07, 6.45) is 1.87. The molecule has 1 unspecified atom stereocenters. The summed E-state index contributed by atoms with van der Waals surface area (Å²) < 4.78 is 4.32. The molecule has 13 heavy (non-hydrogen) atoms. The van der Waals surface area contributed by atoms with Crippen LogP contribution in [0.25, 0.3) is 0 Å². The number of ether oxygens (including phenoxy) is 1. The minimum atomic E-state index is -1.90. The Hall–Kier alpha value is -0.750. The molecule has 0 fully saturated rings. The zero-order valence-corrected chi connectivity index (χ0v) is 8.39. The molecule has 0 saturated heterocycles. The summed E-state index contributed by atoms with van der Waals surface area (Å²) in [5.41, 5.74) is 3.49. The average Bonchev–Trinajstić information content (AvgIpc) is 2.12. The van der Waals surface area contributed by atoms with Gasteiger partial charge in [-0.15, -0.1) is 0 Å².